The molecule has 0 saturated carbocycles. The number of likely N-dealkylation sites (tertiary alicyclic amines) is 1. The van der Waals surface area contributed by atoms with E-state index in [1.807, 2.05) is 0 Å². The topological polar surface area (TPSA) is 52.1 Å². The minimum absolute atomic E-state index is 0.206. The summed E-state index contributed by atoms with van der Waals surface area (Å²) in [5, 5.41) is 10.5. The third-order valence-electron chi connectivity index (χ3n) is 5.32. The van der Waals surface area contributed by atoms with Crippen LogP contribution < -0.4 is 0 Å². The van der Waals surface area contributed by atoms with Gasteiger partial charge in [-0.05, 0) is 51.1 Å². The number of rotatable bonds is 4. The zero-order valence-electron chi connectivity index (χ0n) is 13.8. The number of nitrogens with zero attached hydrogens (tertiary/aromatic N) is 2. The average molecular weight is 329 g/mol. The number of H-pyrrole nitrogens is 1. The van der Waals surface area contributed by atoms with Gasteiger partial charge in [0.25, 0.3) is 0 Å². The number of imidazole rings is 1. The number of aromatic nitrogens is 2. The molecule has 2 aromatic rings. The Hall–Kier alpha value is -1.72. The Morgan fingerprint density at radius 1 is 1.25 bits per heavy atom. The molecule has 0 bridgehead atoms. The van der Waals surface area contributed by atoms with Crippen LogP contribution in [-0.4, -0.2) is 33.1 Å². The van der Waals surface area contributed by atoms with Gasteiger partial charge in [-0.2, -0.15) is 0 Å². The van der Waals surface area contributed by atoms with Crippen LogP contribution in [0.1, 0.15) is 60.6 Å². The fourth-order valence-corrected chi connectivity index (χ4v) is 4.05. The standard InChI is InChI=1S/C19H24FN3O/c20-14-7-2-1-6-13(14)18(24)12-23-11-5-10-17(23)19-21-15-8-3-4-9-16(15)22-19/h1-2,6-7,17-18,24H,3-5,8-12H2,(H,21,22). The summed E-state index contributed by atoms with van der Waals surface area (Å²) in [6.07, 6.45) is 5.92. The van der Waals surface area contributed by atoms with Gasteiger partial charge >= 0.3 is 0 Å². The molecule has 2 heterocycles. The van der Waals surface area contributed by atoms with Crippen molar-refractivity contribution in [2.75, 3.05) is 13.1 Å². The van der Waals surface area contributed by atoms with Crippen LogP contribution in [0.3, 0.4) is 0 Å². The molecule has 1 fully saturated rings. The number of aliphatic hydroxyl groups excluding tert-OH is 1. The van der Waals surface area contributed by atoms with Gasteiger partial charge in [0, 0.05) is 17.8 Å². The predicted octanol–water partition coefficient (Wildman–Crippen LogP) is 3.30. The predicted molar refractivity (Wildman–Crippen MR) is 90.1 cm³/mol. The molecule has 0 radical (unpaired) electrons. The summed E-state index contributed by atoms with van der Waals surface area (Å²) in [6, 6.07) is 6.69. The van der Waals surface area contributed by atoms with E-state index in [2.05, 4.69) is 9.88 Å². The second-order valence-electron chi connectivity index (χ2n) is 6.94. The number of β-amino-alcohol motifs (C(OH)–C–C–N with tert-alkyl or cyclic N) is 1. The summed E-state index contributed by atoms with van der Waals surface area (Å²) in [5.41, 5.74) is 2.89. The van der Waals surface area contributed by atoms with E-state index in [9.17, 15) is 9.50 Å². The highest BCUT2D eigenvalue weighted by Gasteiger charge is 2.31. The highest BCUT2D eigenvalue weighted by atomic mass is 19.1. The highest BCUT2D eigenvalue weighted by molar-refractivity contribution is 5.21. The Morgan fingerprint density at radius 3 is 2.92 bits per heavy atom. The first-order valence-electron chi connectivity index (χ1n) is 8.96. The van der Waals surface area contributed by atoms with E-state index in [4.69, 9.17) is 4.98 Å². The Balaban J connectivity index is 1.51. The Labute approximate surface area is 141 Å². The maximum absolute atomic E-state index is 13.9. The summed E-state index contributed by atoms with van der Waals surface area (Å²) in [7, 11) is 0. The van der Waals surface area contributed by atoms with Crippen molar-refractivity contribution in [2.24, 2.45) is 0 Å². The van der Waals surface area contributed by atoms with Crippen molar-refractivity contribution in [2.45, 2.75) is 50.7 Å². The summed E-state index contributed by atoms with van der Waals surface area (Å²) in [5.74, 6) is 0.689. The molecule has 2 aliphatic rings. The Kier molecular flexibility index (Phi) is 4.37. The van der Waals surface area contributed by atoms with Gasteiger partial charge in [0.15, 0.2) is 0 Å². The van der Waals surface area contributed by atoms with Crippen molar-refractivity contribution in [3.05, 3.63) is 52.9 Å². The molecule has 2 atom stereocenters. The van der Waals surface area contributed by atoms with E-state index in [0.717, 1.165) is 38.1 Å². The number of halogens is 1. The minimum Gasteiger partial charge on any atom is -0.387 e. The third kappa shape index (κ3) is 2.98. The van der Waals surface area contributed by atoms with Crippen LogP contribution in [-0.2, 0) is 12.8 Å². The lowest BCUT2D eigenvalue weighted by molar-refractivity contribution is 0.101. The van der Waals surface area contributed by atoms with Crippen LogP contribution in [0.25, 0.3) is 0 Å². The first kappa shape index (κ1) is 15.8. The number of benzene rings is 1. The molecule has 0 spiro atoms. The average Bonchev–Trinajstić information content (AvgIpc) is 3.21. The van der Waals surface area contributed by atoms with Gasteiger partial charge in [-0.3, -0.25) is 4.90 Å². The number of nitrogens with one attached hydrogen (secondary N) is 1. The fraction of sp³-hybridized carbons (Fsp3) is 0.526. The molecule has 1 aromatic heterocycles. The van der Waals surface area contributed by atoms with Crippen molar-refractivity contribution < 1.29 is 9.50 Å². The summed E-state index contributed by atoms with van der Waals surface area (Å²) >= 11 is 0. The first-order chi connectivity index (χ1) is 11.7. The van der Waals surface area contributed by atoms with Crippen molar-refractivity contribution >= 4 is 0 Å². The van der Waals surface area contributed by atoms with Gasteiger partial charge in [0.1, 0.15) is 11.6 Å². The minimum atomic E-state index is -0.809. The molecule has 1 aliphatic heterocycles. The molecule has 2 N–H and O–H groups in total. The van der Waals surface area contributed by atoms with Crippen LogP contribution in [0.5, 0.6) is 0 Å². The van der Waals surface area contributed by atoms with Crippen LogP contribution >= 0.6 is 0 Å². The summed E-state index contributed by atoms with van der Waals surface area (Å²) in [4.78, 5) is 10.6. The molecule has 24 heavy (non-hydrogen) atoms. The largest absolute Gasteiger partial charge is 0.387 e. The van der Waals surface area contributed by atoms with Gasteiger partial charge in [0.05, 0.1) is 17.8 Å². The van der Waals surface area contributed by atoms with Gasteiger partial charge in [-0.15, -0.1) is 0 Å². The summed E-state index contributed by atoms with van der Waals surface area (Å²) < 4.78 is 13.9. The van der Waals surface area contributed by atoms with Crippen molar-refractivity contribution in [1.29, 1.82) is 0 Å². The lowest BCUT2D eigenvalue weighted by Gasteiger charge is -2.25. The van der Waals surface area contributed by atoms with Gasteiger partial charge in [-0.25, -0.2) is 9.37 Å². The zero-order chi connectivity index (χ0) is 16.5. The molecular formula is C19H24FN3O. The maximum atomic E-state index is 13.9. The maximum Gasteiger partial charge on any atom is 0.129 e. The van der Waals surface area contributed by atoms with E-state index in [1.165, 1.54) is 30.3 Å². The van der Waals surface area contributed by atoms with Crippen molar-refractivity contribution in [3.63, 3.8) is 0 Å². The van der Waals surface area contributed by atoms with Gasteiger partial charge in [0.2, 0.25) is 0 Å². The van der Waals surface area contributed by atoms with E-state index >= 15 is 0 Å². The normalized spacial score (nSPS) is 22.5. The monoisotopic (exact) mass is 329 g/mol. The van der Waals surface area contributed by atoms with Gasteiger partial charge < -0.3 is 10.1 Å². The van der Waals surface area contributed by atoms with Crippen molar-refractivity contribution in [1.82, 2.24) is 14.9 Å². The van der Waals surface area contributed by atoms with E-state index in [1.54, 1.807) is 18.2 Å². The number of fused-ring (bicyclic) bond motifs is 1. The summed E-state index contributed by atoms with van der Waals surface area (Å²) in [6.45, 7) is 1.36. The SMILES string of the molecule is OC(CN1CCCC1c1nc2c([nH]1)CCCC2)c1ccccc1F. The second kappa shape index (κ2) is 6.65. The molecule has 4 rings (SSSR count). The Morgan fingerprint density at radius 2 is 2.08 bits per heavy atom. The van der Waals surface area contributed by atoms with E-state index in [0.29, 0.717) is 12.1 Å². The Bertz CT molecular complexity index is 691. The number of hydrogen-bond acceptors (Lipinski definition) is 3. The molecule has 1 aliphatic carbocycles. The van der Waals surface area contributed by atoms with E-state index < -0.39 is 6.10 Å². The quantitative estimate of drug-likeness (QED) is 0.905. The molecule has 4 nitrogen and oxygen atoms in total. The number of aliphatic hydroxyl groups is 1. The lowest BCUT2D eigenvalue weighted by Crippen LogP contribution is -2.29. The molecule has 128 valence electrons. The molecule has 1 aromatic carbocycles. The van der Waals surface area contributed by atoms with E-state index in [-0.39, 0.29) is 11.9 Å². The van der Waals surface area contributed by atoms with Gasteiger partial charge in [-0.1, -0.05) is 18.2 Å². The van der Waals surface area contributed by atoms with Crippen LogP contribution in [0.4, 0.5) is 4.39 Å². The zero-order valence-corrected chi connectivity index (χ0v) is 13.8. The smallest absolute Gasteiger partial charge is 0.129 e. The van der Waals surface area contributed by atoms with Crippen LogP contribution in [0.15, 0.2) is 24.3 Å². The fourth-order valence-electron chi connectivity index (χ4n) is 4.05. The third-order valence-corrected chi connectivity index (χ3v) is 5.32. The lowest BCUT2D eigenvalue weighted by atomic mass is 10.0. The number of aromatic amines is 1. The number of aryl methyl sites for hydroxylation is 2. The molecular weight excluding hydrogens is 305 g/mol. The highest BCUT2D eigenvalue weighted by Crippen LogP contribution is 2.33. The molecule has 2 unspecified atom stereocenters. The second-order valence-corrected chi connectivity index (χ2v) is 6.94. The molecule has 5 heteroatoms. The molecule has 1 saturated heterocycles. The van der Waals surface area contributed by atoms with Crippen molar-refractivity contribution in [3.8, 4) is 0 Å². The van der Waals surface area contributed by atoms with Crippen LogP contribution in [0, 0.1) is 5.82 Å². The first-order valence-corrected chi connectivity index (χ1v) is 8.96. The molecule has 0 amide bonds. The van der Waals surface area contributed by atoms with Crippen LogP contribution in [0.2, 0.25) is 0 Å². The number of hydrogen-bond donors (Lipinski definition) is 2.